The third-order valence-electron chi connectivity index (χ3n) is 7.21. The van der Waals surface area contributed by atoms with Crippen LogP contribution in [0.2, 0.25) is 0 Å². The molecule has 0 saturated heterocycles. The first-order valence-electron chi connectivity index (χ1n) is 12.9. The number of benzene rings is 2. The number of anilines is 1. The first-order chi connectivity index (χ1) is 18.2. The Balaban J connectivity index is 1.43. The highest BCUT2D eigenvalue weighted by atomic mass is 32.2. The molecule has 1 saturated carbocycles. The van der Waals surface area contributed by atoms with E-state index in [0.29, 0.717) is 10.9 Å². The predicted molar refractivity (Wildman–Crippen MR) is 147 cm³/mol. The van der Waals surface area contributed by atoms with Gasteiger partial charge in [-0.05, 0) is 49.1 Å². The molecule has 38 heavy (non-hydrogen) atoms. The molecule has 204 valence electrons. The number of thiazole rings is 1. The van der Waals surface area contributed by atoms with Crippen molar-refractivity contribution in [2.24, 2.45) is 5.92 Å². The predicted octanol–water partition coefficient (Wildman–Crippen LogP) is 7.31. The average Bonchev–Trinajstić information content (AvgIpc) is 3.41. The fraction of sp³-hybridized carbons (Fsp3) is 0.429. The molecule has 0 amide bonds. The minimum absolute atomic E-state index is 0.117. The molecule has 4 rings (SSSR count). The summed E-state index contributed by atoms with van der Waals surface area (Å²) in [4.78, 5) is 15.5. The molecule has 2 aromatic carbocycles. The second kappa shape index (κ2) is 12.3. The summed E-state index contributed by atoms with van der Waals surface area (Å²) in [6, 6.07) is 9.90. The fourth-order valence-electron chi connectivity index (χ4n) is 5.04. The molecule has 7 nitrogen and oxygen atoms in total. The van der Waals surface area contributed by atoms with Crippen LogP contribution >= 0.6 is 11.3 Å². The molecule has 10 heteroatoms. The number of rotatable bonds is 11. The highest BCUT2D eigenvalue weighted by Gasteiger charge is 2.24. The summed E-state index contributed by atoms with van der Waals surface area (Å²) >= 11 is 1.20. The van der Waals surface area contributed by atoms with Crippen molar-refractivity contribution >= 4 is 33.0 Å². The monoisotopic (exact) mass is 560 g/mol. The van der Waals surface area contributed by atoms with E-state index in [0.717, 1.165) is 23.6 Å². The van der Waals surface area contributed by atoms with E-state index in [4.69, 9.17) is 9.84 Å². The Morgan fingerprint density at radius 1 is 1.16 bits per heavy atom. The molecule has 1 aliphatic rings. The van der Waals surface area contributed by atoms with Gasteiger partial charge in [0.15, 0.2) is 5.03 Å². The first kappa shape index (κ1) is 28.0. The number of hydrogen-bond donors (Lipinski definition) is 2. The Labute approximate surface area is 227 Å². The lowest BCUT2D eigenvalue weighted by Gasteiger charge is -2.29. The maximum Gasteiger partial charge on any atom is 0.338 e. The largest absolute Gasteiger partial charge is 0.495 e. The third-order valence-corrected chi connectivity index (χ3v) is 9.50. The molecule has 0 atom stereocenters. The fourth-order valence-corrected chi connectivity index (χ4v) is 7.21. The topological polar surface area (TPSA) is 106 Å². The highest BCUT2D eigenvalue weighted by molar-refractivity contribution is 7.92. The van der Waals surface area contributed by atoms with Crippen LogP contribution in [0.4, 0.5) is 10.1 Å². The number of halogens is 1. The summed E-state index contributed by atoms with van der Waals surface area (Å²) in [5.41, 5.74) is 1.30. The van der Waals surface area contributed by atoms with Gasteiger partial charge in [0.1, 0.15) is 16.6 Å². The quantitative estimate of drug-likeness (QED) is 0.238. The van der Waals surface area contributed by atoms with Gasteiger partial charge in [0.2, 0.25) is 0 Å². The van der Waals surface area contributed by atoms with E-state index in [-0.39, 0.29) is 16.5 Å². The first-order valence-corrected chi connectivity index (χ1v) is 15.3. The van der Waals surface area contributed by atoms with E-state index in [1.165, 1.54) is 80.8 Å². The van der Waals surface area contributed by atoms with Crippen LogP contribution in [0.5, 0.6) is 5.75 Å². The van der Waals surface area contributed by atoms with E-state index in [1.54, 1.807) is 0 Å². The summed E-state index contributed by atoms with van der Waals surface area (Å²) in [6.07, 6.45) is 10.3. The van der Waals surface area contributed by atoms with Gasteiger partial charge in [-0.25, -0.2) is 14.2 Å². The van der Waals surface area contributed by atoms with Crippen LogP contribution < -0.4 is 9.46 Å². The molecule has 0 aliphatic heterocycles. The molecule has 1 aliphatic carbocycles. The van der Waals surface area contributed by atoms with E-state index < -0.39 is 27.4 Å². The average molecular weight is 561 g/mol. The second-order valence-corrected chi connectivity index (χ2v) is 12.3. The summed E-state index contributed by atoms with van der Waals surface area (Å²) in [5, 5.41) is 10.8. The molecule has 0 spiro atoms. The van der Waals surface area contributed by atoms with Gasteiger partial charge >= 0.3 is 5.97 Å². The van der Waals surface area contributed by atoms with Crippen molar-refractivity contribution in [3.63, 3.8) is 0 Å². The number of carbonyl (C=O) groups is 1. The van der Waals surface area contributed by atoms with Crippen LogP contribution in [0.15, 0.2) is 46.8 Å². The maximum atomic E-state index is 14.2. The number of sulfonamides is 1. The molecule has 0 radical (unpaired) electrons. The van der Waals surface area contributed by atoms with Gasteiger partial charge in [-0.2, -0.15) is 8.42 Å². The lowest BCUT2D eigenvalue weighted by atomic mass is 9.77. The van der Waals surface area contributed by atoms with Gasteiger partial charge in [-0.1, -0.05) is 56.9 Å². The van der Waals surface area contributed by atoms with Crippen LogP contribution in [0.1, 0.15) is 80.1 Å². The summed E-state index contributed by atoms with van der Waals surface area (Å²) in [7, 11) is -2.93. The molecule has 1 aromatic heterocycles. The molecular weight excluding hydrogens is 527 g/mol. The van der Waals surface area contributed by atoms with E-state index >= 15 is 0 Å². The Morgan fingerprint density at radius 3 is 2.50 bits per heavy atom. The maximum absolute atomic E-state index is 14.2. The zero-order valence-corrected chi connectivity index (χ0v) is 23.2. The van der Waals surface area contributed by atoms with Crippen LogP contribution in [0, 0.1) is 11.7 Å². The van der Waals surface area contributed by atoms with Crippen molar-refractivity contribution in [1.82, 2.24) is 4.98 Å². The zero-order chi connectivity index (χ0) is 27.3. The lowest BCUT2D eigenvalue weighted by Crippen LogP contribution is -2.15. The minimum atomic E-state index is -4.17. The number of aromatic carboxylic acids is 1. The van der Waals surface area contributed by atoms with Gasteiger partial charge in [-0.3, -0.25) is 4.72 Å². The van der Waals surface area contributed by atoms with Gasteiger partial charge in [-0.15, -0.1) is 11.3 Å². The van der Waals surface area contributed by atoms with Crippen LogP contribution in [0.25, 0.3) is 10.6 Å². The van der Waals surface area contributed by atoms with E-state index in [2.05, 4.69) is 28.8 Å². The Bertz CT molecular complexity index is 1360. The summed E-state index contributed by atoms with van der Waals surface area (Å²) in [6.45, 7) is 2.24. The van der Waals surface area contributed by atoms with Crippen molar-refractivity contribution in [2.45, 2.75) is 69.2 Å². The number of unbranched alkanes of at least 4 members (excludes halogenated alkanes) is 2. The number of aromatic nitrogens is 1. The van der Waals surface area contributed by atoms with Crippen LogP contribution in [-0.2, 0) is 10.0 Å². The molecule has 1 heterocycles. The number of methoxy groups -OCH3 is 1. The number of carboxylic acids is 1. The molecule has 1 fully saturated rings. The van der Waals surface area contributed by atoms with Crippen molar-refractivity contribution in [3.8, 4) is 16.3 Å². The third kappa shape index (κ3) is 6.53. The van der Waals surface area contributed by atoms with Crippen molar-refractivity contribution < 1.29 is 27.4 Å². The normalized spacial score (nSPS) is 17.8. The number of carboxylic acid groups (broad SMARTS) is 1. The standard InChI is InChI=1S/C28H33FN2O5S2/c1-3-4-5-6-18-7-9-19(10-8-18)20-11-13-21(14-12-20)27-30-26(17-37-27)38(34,35)31-24-16-23(29)22(28(32)33)15-25(24)36-2/h11-19,31H,3-10H2,1-2H3,(H,32,33)/t18-,19-. The van der Waals surface area contributed by atoms with Gasteiger partial charge in [0.25, 0.3) is 10.0 Å². The highest BCUT2D eigenvalue weighted by Crippen LogP contribution is 2.38. The zero-order valence-electron chi connectivity index (χ0n) is 21.6. The Kier molecular flexibility index (Phi) is 9.04. The minimum Gasteiger partial charge on any atom is -0.495 e. The number of nitrogens with one attached hydrogen (secondary N) is 1. The summed E-state index contributed by atoms with van der Waals surface area (Å²) in [5.74, 6) is -1.27. The van der Waals surface area contributed by atoms with Gasteiger partial charge < -0.3 is 9.84 Å². The second-order valence-electron chi connectivity index (χ2n) is 9.77. The lowest BCUT2D eigenvalue weighted by molar-refractivity contribution is 0.0691. The van der Waals surface area contributed by atoms with E-state index in [1.807, 2.05) is 12.1 Å². The van der Waals surface area contributed by atoms with Crippen LogP contribution in [0.3, 0.4) is 0 Å². The molecular formula is C28H33FN2O5S2. The van der Waals surface area contributed by atoms with Gasteiger partial charge in [0, 0.05) is 17.0 Å². The van der Waals surface area contributed by atoms with Crippen molar-refractivity contribution in [1.29, 1.82) is 0 Å². The Morgan fingerprint density at radius 2 is 1.87 bits per heavy atom. The van der Waals surface area contributed by atoms with E-state index in [9.17, 15) is 17.6 Å². The number of ether oxygens (including phenoxy) is 1. The summed E-state index contributed by atoms with van der Waals surface area (Å²) < 4.78 is 47.4. The number of hydrogen-bond acceptors (Lipinski definition) is 6. The molecule has 2 N–H and O–H groups in total. The SMILES string of the molecule is CCCCC[C@H]1CC[C@H](c2ccc(-c3nc(S(=O)(=O)Nc4cc(F)c(C(=O)O)cc4OC)cs3)cc2)CC1. The van der Waals surface area contributed by atoms with Crippen molar-refractivity contribution in [3.05, 3.63) is 58.7 Å². The molecule has 0 bridgehead atoms. The molecule has 3 aromatic rings. The molecule has 0 unspecified atom stereocenters. The smallest absolute Gasteiger partial charge is 0.338 e. The van der Waals surface area contributed by atoms with Crippen molar-refractivity contribution in [2.75, 3.05) is 11.8 Å². The van der Waals surface area contributed by atoms with Crippen LogP contribution in [-0.4, -0.2) is 31.6 Å². The Hall–Kier alpha value is -2.98. The van der Waals surface area contributed by atoms with Gasteiger partial charge in [0.05, 0.1) is 18.4 Å². The number of nitrogens with zero attached hydrogens (tertiary/aromatic N) is 1.